The summed E-state index contributed by atoms with van der Waals surface area (Å²) in [5.74, 6) is 0. The summed E-state index contributed by atoms with van der Waals surface area (Å²) in [6.07, 6.45) is 6.99. The summed E-state index contributed by atoms with van der Waals surface area (Å²) < 4.78 is 0. The van der Waals surface area contributed by atoms with Crippen LogP contribution < -0.4 is 5.32 Å². The van der Waals surface area contributed by atoms with Crippen LogP contribution in [0.2, 0.25) is 0 Å². The highest BCUT2D eigenvalue weighted by Gasteiger charge is 2.24. The van der Waals surface area contributed by atoms with E-state index in [-0.39, 0.29) is 0 Å². The first kappa shape index (κ1) is 15.3. The Morgan fingerprint density at radius 3 is 2.50 bits per heavy atom. The van der Waals surface area contributed by atoms with E-state index >= 15 is 0 Å². The van der Waals surface area contributed by atoms with E-state index in [1.165, 1.54) is 49.8 Å². The summed E-state index contributed by atoms with van der Waals surface area (Å²) in [6.45, 7) is 6.89. The second-order valence-corrected chi connectivity index (χ2v) is 6.25. The second kappa shape index (κ2) is 7.10. The van der Waals surface area contributed by atoms with Crippen molar-refractivity contribution in [3.8, 4) is 0 Å². The van der Waals surface area contributed by atoms with E-state index in [4.69, 9.17) is 0 Å². The van der Waals surface area contributed by atoms with Crippen LogP contribution in [0.25, 0.3) is 10.9 Å². The number of fused-ring (bicyclic) bond motifs is 1. The predicted octanol–water partition coefficient (Wildman–Crippen LogP) is 4.30. The first-order chi connectivity index (χ1) is 10.8. The second-order valence-electron chi connectivity index (χ2n) is 6.25. The van der Waals surface area contributed by atoms with Crippen LogP contribution in [0.5, 0.6) is 0 Å². The number of nitrogens with one attached hydrogen (secondary N) is 1. The lowest BCUT2D eigenvalue weighted by Gasteiger charge is -2.36. The zero-order chi connectivity index (χ0) is 15.4. The Bertz CT molecular complexity index is 593. The quantitative estimate of drug-likeness (QED) is 0.892. The standard InChI is InChI=1S/C19H27N3/c1-3-22(4-2)17-12-10-16(11-13-17)21-18-9-5-7-15-8-6-14-20-19(15)18/h5-9,14,16-17,21H,3-4,10-13H2,1-2H3. The summed E-state index contributed by atoms with van der Waals surface area (Å²) in [4.78, 5) is 7.15. The first-order valence-corrected chi connectivity index (χ1v) is 8.66. The molecule has 1 aromatic carbocycles. The molecule has 0 saturated heterocycles. The number of nitrogens with zero attached hydrogens (tertiary/aromatic N) is 2. The predicted molar refractivity (Wildman–Crippen MR) is 94.3 cm³/mol. The fourth-order valence-corrected chi connectivity index (χ4v) is 3.77. The van der Waals surface area contributed by atoms with Gasteiger partial charge in [0.15, 0.2) is 0 Å². The average molecular weight is 297 g/mol. The molecule has 3 heteroatoms. The van der Waals surface area contributed by atoms with Crippen LogP contribution in [-0.2, 0) is 0 Å². The van der Waals surface area contributed by atoms with Crippen molar-refractivity contribution in [3.63, 3.8) is 0 Å². The maximum Gasteiger partial charge on any atom is 0.0933 e. The van der Waals surface area contributed by atoms with Crippen molar-refractivity contribution < 1.29 is 0 Å². The lowest BCUT2D eigenvalue weighted by molar-refractivity contribution is 0.167. The van der Waals surface area contributed by atoms with Gasteiger partial charge in [-0.1, -0.05) is 32.0 Å². The molecule has 1 aromatic heterocycles. The van der Waals surface area contributed by atoms with Crippen LogP contribution >= 0.6 is 0 Å². The molecule has 3 nitrogen and oxygen atoms in total. The zero-order valence-corrected chi connectivity index (χ0v) is 13.8. The van der Waals surface area contributed by atoms with Crippen molar-refractivity contribution in [3.05, 3.63) is 36.5 Å². The highest BCUT2D eigenvalue weighted by molar-refractivity contribution is 5.90. The van der Waals surface area contributed by atoms with Crippen LogP contribution in [0.3, 0.4) is 0 Å². The topological polar surface area (TPSA) is 28.2 Å². The molecular formula is C19H27N3. The number of anilines is 1. The molecule has 1 saturated carbocycles. The van der Waals surface area contributed by atoms with E-state index in [0.717, 1.165) is 11.6 Å². The Hall–Kier alpha value is -1.61. The van der Waals surface area contributed by atoms with Gasteiger partial charge in [-0.05, 0) is 50.9 Å². The van der Waals surface area contributed by atoms with E-state index in [2.05, 4.69) is 53.3 Å². The Labute approximate surface area is 133 Å². The molecule has 2 aromatic rings. The van der Waals surface area contributed by atoms with E-state index in [1.54, 1.807) is 0 Å². The van der Waals surface area contributed by atoms with Crippen LogP contribution in [0.1, 0.15) is 39.5 Å². The number of aromatic nitrogens is 1. The van der Waals surface area contributed by atoms with Gasteiger partial charge in [-0.25, -0.2) is 0 Å². The van der Waals surface area contributed by atoms with Gasteiger partial charge in [0.05, 0.1) is 11.2 Å². The summed E-state index contributed by atoms with van der Waals surface area (Å²) in [6, 6.07) is 11.9. The van der Waals surface area contributed by atoms with Gasteiger partial charge in [0, 0.05) is 23.7 Å². The van der Waals surface area contributed by atoms with Crippen molar-refractivity contribution >= 4 is 16.6 Å². The lowest BCUT2D eigenvalue weighted by Crippen LogP contribution is -2.40. The number of hydrogen-bond acceptors (Lipinski definition) is 3. The number of hydrogen-bond donors (Lipinski definition) is 1. The van der Waals surface area contributed by atoms with Gasteiger partial charge in [0.2, 0.25) is 0 Å². The summed E-state index contributed by atoms with van der Waals surface area (Å²) >= 11 is 0. The number of para-hydroxylation sites is 1. The van der Waals surface area contributed by atoms with Crippen LogP contribution in [0.15, 0.2) is 36.5 Å². The van der Waals surface area contributed by atoms with E-state index in [0.29, 0.717) is 6.04 Å². The molecule has 0 radical (unpaired) electrons. The Morgan fingerprint density at radius 1 is 1.05 bits per heavy atom. The van der Waals surface area contributed by atoms with Crippen molar-refractivity contribution in [1.29, 1.82) is 0 Å². The minimum Gasteiger partial charge on any atom is -0.381 e. The largest absolute Gasteiger partial charge is 0.381 e. The molecule has 0 unspecified atom stereocenters. The molecule has 0 atom stereocenters. The maximum absolute atomic E-state index is 4.55. The zero-order valence-electron chi connectivity index (χ0n) is 13.8. The molecule has 0 aliphatic heterocycles. The summed E-state index contributed by atoms with van der Waals surface area (Å²) in [5.41, 5.74) is 2.28. The molecular weight excluding hydrogens is 270 g/mol. The minimum atomic E-state index is 0.583. The molecule has 1 fully saturated rings. The third-order valence-electron chi connectivity index (χ3n) is 5.02. The third-order valence-corrected chi connectivity index (χ3v) is 5.02. The lowest BCUT2D eigenvalue weighted by atomic mass is 9.90. The first-order valence-electron chi connectivity index (χ1n) is 8.66. The fourth-order valence-electron chi connectivity index (χ4n) is 3.77. The summed E-state index contributed by atoms with van der Waals surface area (Å²) in [7, 11) is 0. The van der Waals surface area contributed by atoms with Gasteiger partial charge in [0.25, 0.3) is 0 Å². The van der Waals surface area contributed by atoms with Crippen LogP contribution in [0.4, 0.5) is 5.69 Å². The van der Waals surface area contributed by atoms with E-state index < -0.39 is 0 Å². The van der Waals surface area contributed by atoms with Crippen molar-refractivity contribution in [2.75, 3.05) is 18.4 Å². The fraction of sp³-hybridized carbons (Fsp3) is 0.526. The molecule has 1 heterocycles. The minimum absolute atomic E-state index is 0.583. The number of benzene rings is 1. The highest BCUT2D eigenvalue weighted by atomic mass is 15.1. The molecule has 0 spiro atoms. The third kappa shape index (κ3) is 3.25. The van der Waals surface area contributed by atoms with Crippen LogP contribution in [-0.4, -0.2) is 35.1 Å². The SMILES string of the molecule is CCN(CC)C1CCC(Nc2cccc3cccnc23)CC1. The average Bonchev–Trinajstić information content (AvgIpc) is 2.58. The normalized spacial score (nSPS) is 22.1. The van der Waals surface area contributed by atoms with Crippen molar-refractivity contribution in [2.45, 2.75) is 51.6 Å². The smallest absolute Gasteiger partial charge is 0.0933 e. The van der Waals surface area contributed by atoms with Gasteiger partial charge >= 0.3 is 0 Å². The number of rotatable bonds is 5. The molecule has 0 bridgehead atoms. The maximum atomic E-state index is 4.55. The van der Waals surface area contributed by atoms with Gasteiger partial charge < -0.3 is 10.2 Å². The molecule has 0 amide bonds. The van der Waals surface area contributed by atoms with Gasteiger partial charge in [-0.3, -0.25) is 4.98 Å². The van der Waals surface area contributed by atoms with Crippen molar-refractivity contribution in [2.24, 2.45) is 0 Å². The summed E-state index contributed by atoms with van der Waals surface area (Å²) in [5, 5.41) is 4.95. The molecule has 1 aliphatic rings. The highest BCUT2D eigenvalue weighted by Crippen LogP contribution is 2.28. The van der Waals surface area contributed by atoms with Gasteiger partial charge in [-0.15, -0.1) is 0 Å². The van der Waals surface area contributed by atoms with Crippen LogP contribution in [0, 0.1) is 0 Å². The molecule has 1 aliphatic carbocycles. The molecule has 118 valence electrons. The number of pyridine rings is 1. The van der Waals surface area contributed by atoms with Gasteiger partial charge in [-0.2, -0.15) is 0 Å². The van der Waals surface area contributed by atoms with E-state index in [9.17, 15) is 0 Å². The Balaban J connectivity index is 1.65. The Morgan fingerprint density at radius 2 is 1.77 bits per heavy atom. The molecule has 3 rings (SSSR count). The molecule has 1 N–H and O–H groups in total. The van der Waals surface area contributed by atoms with Gasteiger partial charge in [0.1, 0.15) is 0 Å². The molecule has 22 heavy (non-hydrogen) atoms. The Kier molecular flexibility index (Phi) is 4.94. The van der Waals surface area contributed by atoms with E-state index in [1.807, 2.05) is 12.3 Å². The monoisotopic (exact) mass is 297 g/mol. The van der Waals surface area contributed by atoms with Crippen molar-refractivity contribution in [1.82, 2.24) is 9.88 Å².